The van der Waals surface area contributed by atoms with Gasteiger partial charge in [0.2, 0.25) is 0 Å². The number of carbonyl (C=O) groups excluding carboxylic acids is 1. The predicted molar refractivity (Wildman–Crippen MR) is 114 cm³/mol. The third kappa shape index (κ3) is 4.45. The molecule has 0 aliphatic carbocycles. The zero-order chi connectivity index (χ0) is 22.0. The number of nitrogens with zero attached hydrogens (tertiary/aromatic N) is 2. The van der Waals surface area contributed by atoms with Crippen LogP contribution in [0, 0.1) is 11.6 Å². The molecule has 0 unspecified atom stereocenters. The van der Waals surface area contributed by atoms with Crippen LogP contribution in [0.3, 0.4) is 0 Å². The second kappa shape index (κ2) is 9.11. The quantitative estimate of drug-likeness (QED) is 0.189. The van der Waals surface area contributed by atoms with Crippen LogP contribution in [0.15, 0.2) is 58.3 Å². The Morgan fingerprint density at radius 1 is 1.23 bits per heavy atom. The summed E-state index contributed by atoms with van der Waals surface area (Å²) in [4.78, 5) is 16.7. The Kier molecular flexibility index (Phi) is 6.29. The highest BCUT2D eigenvalue weighted by Crippen LogP contribution is 2.32. The van der Waals surface area contributed by atoms with Crippen LogP contribution in [0.4, 0.5) is 8.78 Å². The molecule has 0 fully saturated rings. The second-order valence-corrected chi connectivity index (χ2v) is 7.91. The van der Waals surface area contributed by atoms with Gasteiger partial charge in [0.1, 0.15) is 17.4 Å². The fourth-order valence-electron chi connectivity index (χ4n) is 3.11. The molecule has 0 atom stereocenters. The Labute approximate surface area is 186 Å². The van der Waals surface area contributed by atoms with Gasteiger partial charge in [0.25, 0.3) is 0 Å². The van der Waals surface area contributed by atoms with Crippen molar-refractivity contribution in [3.63, 3.8) is 0 Å². The summed E-state index contributed by atoms with van der Waals surface area (Å²) in [6.07, 6.45) is 1.57. The van der Waals surface area contributed by atoms with Crippen molar-refractivity contribution in [2.45, 2.75) is 24.4 Å². The van der Waals surface area contributed by atoms with Crippen LogP contribution >= 0.6 is 23.4 Å². The average molecular weight is 463 g/mol. The summed E-state index contributed by atoms with van der Waals surface area (Å²) >= 11 is 7.17. The van der Waals surface area contributed by atoms with Crippen LogP contribution in [-0.2, 0) is 17.0 Å². The van der Waals surface area contributed by atoms with Crippen molar-refractivity contribution in [1.82, 2.24) is 9.55 Å². The lowest BCUT2D eigenvalue weighted by molar-refractivity contribution is 0.0526. The van der Waals surface area contributed by atoms with Crippen LogP contribution in [0.25, 0.3) is 11.0 Å². The number of esters is 1. The van der Waals surface area contributed by atoms with E-state index in [1.54, 1.807) is 37.5 Å². The number of rotatable bonds is 7. The molecule has 0 bridgehead atoms. The fourth-order valence-corrected chi connectivity index (χ4v) is 4.45. The first-order valence-corrected chi connectivity index (χ1v) is 10.8. The van der Waals surface area contributed by atoms with Gasteiger partial charge in [0, 0.05) is 11.3 Å². The minimum atomic E-state index is -0.679. The summed E-state index contributed by atoms with van der Waals surface area (Å²) in [6.45, 7) is 2.38. The monoisotopic (exact) mass is 462 g/mol. The molecule has 160 valence electrons. The van der Waals surface area contributed by atoms with E-state index in [0.717, 1.165) is 17.6 Å². The number of benzene rings is 2. The Balaban J connectivity index is 1.72. The number of thioether (sulfide) groups is 1. The van der Waals surface area contributed by atoms with Crippen LogP contribution in [-0.4, -0.2) is 22.1 Å². The molecule has 0 spiro atoms. The van der Waals surface area contributed by atoms with Crippen molar-refractivity contribution in [2.24, 2.45) is 0 Å². The number of imidazole rings is 1. The number of aromatic nitrogens is 2. The number of furan rings is 1. The van der Waals surface area contributed by atoms with Gasteiger partial charge in [-0.25, -0.2) is 18.6 Å². The van der Waals surface area contributed by atoms with E-state index < -0.39 is 17.6 Å². The second-order valence-electron chi connectivity index (χ2n) is 6.59. The molecular formula is C22H17ClF2N2O3S. The molecule has 5 nitrogen and oxygen atoms in total. The maximum Gasteiger partial charge on any atom is 0.338 e. The average Bonchev–Trinajstić information content (AvgIpc) is 3.39. The van der Waals surface area contributed by atoms with E-state index in [1.165, 1.54) is 11.8 Å². The summed E-state index contributed by atoms with van der Waals surface area (Å²) in [5.74, 6) is -0.924. The molecule has 0 N–H and O–H groups in total. The first-order chi connectivity index (χ1) is 15.0. The van der Waals surface area contributed by atoms with Crippen molar-refractivity contribution in [3.05, 3.63) is 82.3 Å². The molecule has 2 aromatic heterocycles. The molecule has 9 heteroatoms. The molecular weight excluding hydrogens is 446 g/mol. The number of carbonyl (C=O) groups is 1. The standard InChI is InChI=1S/C22H17ClF2N2O3S/c1-2-29-21(28)13-5-8-19-18(10-13)26-22(27(19)11-14-4-3-9-30-14)31-12-15-16(24)6-7-17(25)20(15)23/h3-10H,2,11-12H2,1H3. The van der Waals surface area contributed by atoms with Crippen molar-refractivity contribution < 1.29 is 22.7 Å². The molecule has 2 heterocycles. The van der Waals surface area contributed by atoms with Gasteiger partial charge in [-0.05, 0) is 49.4 Å². The smallest absolute Gasteiger partial charge is 0.338 e. The molecule has 4 rings (SSSR count). The van der Waals surface area contributed by atoms with Gasteiger partial charge in [-0.1, -0.05) is 23.4 Å². The molecule has 0 amide bonds. The SMILES string of the molecule is CCOC(=O)c1ccc2c(c1)nc(SCc1c(F)ccc(F)c1Cl)n2Cc1ccco1. The van der Waals surface area contributed by atoms with E-state index in [0.29, 0.717) is 28.5 Å². The number of ether oxygens (including phenoxy) is 1. The van der Waals surface area contributed by atoms with E-state index in [4.69, 9.17) is 20.8 Å². The lowest BCUT2D eigenvalue weighted by Crippen LogP contribution is -2.04. The topological polar surface area (TPSA) is 57.3 Å². The van der Waals surface area contributed by atoms with Crippen molar-refractivity contribution in [2.75, 3.05) is 6.61 Å². The Hall–Kier alpha value is -2.84. The van der Waals surface area contributed by atoms with E-state index in [9.17, 15) is 13.6 Å². The largest absolute Gasteiger partial charge is 0.467 e. The Morgan fingerprint density at radius 2 is 2.03 bits per heavy atom. The minimum absolute atomic E-state index is 0.0653. The van der Waals surface area contributed by atoms with Gasteiger partial charge in [-0.15, -0.1) is 0 Å². The first-order valence-electron chi connectivity index (χ1n) is 9.43. The minimum Gasteiger partial charge on any atom is -0.467 e. The van der Waals surface area contributed by atoms with Gasteiger partial charge in [0.05, 0.1) is 41.0 Å². The molecule has 2 aromatic carbocycles. The van der Waals surface area contributed by atoms with Gasteiger partial charge >= 0.3 is 5.97 Å². The van der Waals surface area contributed by atoms with E-state index in [2.05, 4.69) is 4.98 Å². The van der Waals surface area contributed by atoms with Gasteiger partial charge in [0.15, 0.2) is 5.16 Å². The summed E-state index contributed by atoms with van der Waals surface area (Å²) in [5.41, 5.74) is 1.78. The van der Waals surface area contributed by atoms with Crippen LogP contribution in [0.1, 0.15) is 28.6 Å². The molecule has 0 aliphatic heterocycles. The molecule has 0 aliphatic rings. The van der Waals surface area contributed by atoms with E-state index in [1.807, 2.05) is 10.6 Å². The zero-order valence-corrected chi connectivity index (χ0v) is 18.0. The fraction of sp³-hybridized carbons (Fsp3) is 0.182. The number of fused-ring (bicyclic) bond motifs is 1. The number of halogens is 3. The third-order valence-corrected chi connectivity index (χ3v) is 6.01. The molecule has 4 aromatic rings. The predicted octanol–water partition coefficient (Wildman–Crippen LogP) is 6.08. The van der Waals surface area contributed by atoms with Crippen LogP contribution in [0.5, 0.6) is 0 Å². The van der Waals surface area contributed by atoms with Gasteiger partial charge in [-0.2, -0.15) is 0 Å². The normalized spacial score (nSPS) is 11.2. The number of hydrogen-bond acceptors (Lipinski definition) is 5. The van der Waals surface area contributed by atoms with Crippen molar-refractivity contribution in [3.8, 4) is 0 Å². The first kappa shape index (κ1) is 21.4. The lowest BCUT2D eigenvalue weighted by Gasteiger charge is -2.09. The Bertz CT molecular complexity index is 1240. The summed E-state index contributed by atoms with van der Waals surface area (Å²) in [7, 11) is 0. The third-order valence-electron chi connectivity index (χ3n) is 4.60. The highest BCUT2D eigenvalue weighted by Gasteiger charge is 2.18. The molecule has 0 radical (unpaired) electrons. The Morgan fingerprint density at radius 3 is 2.77 bits per heavy atom. The summed E-state index contributed by atoms with van der Waals surface area (Å²) < 4.78 is 40.4. The molecule has 31 heavy (non-hydrogen) atoms. The van der Waals surface area contributed by atoms with Gasteiger partial charge in [-0.3, -0.25) is 0 Å². The van der Waals surface area contributed by atoms with Crippen molar-refractivity contribution in [1.29, 1.82) is 0 Å². The van der Waals surface area contributed by atoms with E-state index in [-0.39, 0.29) is 22.9 Å². The molecule has 0 saturated carbocycles. The van der Waals surface area contributed by atoms with Gasteiger partial charge < -0.3 is 13.7 Å². The highest BCUT2D eigenvalue weighted by molar-refractivity contribution is 7.98. The number of hydrogen-bond donors (Lipinski definition) is 0. The molecule has 0 saturated heterocycles. The maximum absolute atomic E-state index is 14.2. The zero-order valence-electron chi connectivity index (χ0n) is 16.4. The van der Waals surface area contributed by atoms with Crippen molar-refractivity contribution >= 4 is 40.4 Å². The van der Waals surface area contributed by atoms with Crippen LogP contribution in [0.2, 0.25) is 5.02 Å². The summed E-state index contributed by atoms with van der Waals surface area (Å²) in [5, 5.41) is 0.304. The summed E-state index contributed by atoms with van der Waals surface area (Å²) in [6, 6.07) is 10.7. The highest BCUT2D eigenvalue weighted by atomic mass is 35.5. The lowest BCUT2D eigenvalue weighted by atomic mass is 10.2. The van der Waals surface area contributed by atoms with E-state index >= 15 is 0 Å². The van der Waals surface area contributed by atoms with Crippen LogP contribution < -0.4 is 0 Å². The maximum atomic E-state index is 14.2.